The van der Waals surface area contributed by atoms with Gasteiger partial charge in [0, 0.05) is 42.1 Å². The van der Waals surface area contributed by atoms with Gasteiger partial charge in [-0.3, -0.25) is 0 Å². The number of allylic oxidation sites excluding steroid dienone is 2. The zero-order valence-electron chi connectivity index (χ0n) is 20.1. The molecule has 0 aliphatic carbocycles. The van der Waals surface area contributed by atoms with Crippen LogP contribution in [0.25, 0.3) is 64.0 Å². The summed E-state index contributed by atoms with van der Waals surface area (Å²) in [5.41, 5.74) is 0.148. The van der Waals surface area contributed by atoms with Gasteiger partial charge in [-0.15, -0.1) is 34.0 Å². The van der Waals surface area contributed by atoms with Gasteiger partial charge in [0.1, 0.15) is 35.4 Å². The first-order chi connectivity index (χ1) is 19.2. The van der Waals surface area contributed by atoms with E-state index in [1.54, 1.807) is 46.2 Å². The zero-order chi connectivity index (χ0) is 26.9. The fourth-order valence-corrected chi connectivity index (χ4v) is 8.69. The van der Waals surface area contributed by atoms with Crippen molar-refractivity contribution in [1.29, 1.82) is 21.0 Å². The summed E-state index contributed by atoms with van der Waals surface area (Å²) in [4.78, 5) is 6.20. The van der Waals surface area contributed by atoms with E-state index in [0.29, 0.717) is 0 Å². The molecular weight excluding hydrogens is 537 g/mol. The Morgan fingerprint density at radius 2 is 0.718 bits per heavy atom. The minimum Gasteiger partial charge on any atom is -0.192 e. The average molecular weight is 551 g/mol. The number of benzene rings is 3. The first-order valence-corrected chi connectivity index (χ1v) is 14.2. The number of hydrogen-bond acceptors (Lipinski definition) is 7. The number of fused-ring (bicyclic) bond motifs is 3. The van der Waals surface area contributed by atoms with E-state index in [9.17, 15) is 21.0 Å². The van der Waals surface area contributed by atoms with Crippen molar-refractivity contribution in [3.8, 4) is 43.8 Å². The van der Waals surface area contributed by atoms with Gasteiger partial charge in [-0.05, 0) is 12.2 Å². The lowest BCUT2D eigenvalue weighted by Crippen LogP contribution is -1.72. The van der Waals surface area contributed by atoms with Crippen molar-refractivity contribution < 1.29 is 0 Å². The number of rotatable bonds is 4. The minimum atomic E-state index is 0.0741. The van der Waals surface area contributed by atoms with Crippen LogP contribution in [0, 0.1) is 45.3 Å². The normalized spacial score (nSPS) is 10.5. The predicted octanol–water partition coefficient (Wildman–Crippen LogP) is 9.53. The molecule has 180 valence electrons. The average Bonchev–Trinajstić information content (AvgIpc) is 3.66. The van der Waals surface area contributed by atoms with Gasteiger partial charge >= 0.3 is 0 Å². The molecule has 0 aliphatic rings. The molecular formula is C32H14N4S3. The molecule has 0 N–H and O–H groups in total. The van der Waals surface area contributed by atoms with Crippen LogP contribution in [0.4, 0.5) is 0 Å². The molecule has 7 heteroatoms. The molecule has 3 aromatic carbocycles. The van der Waals surface area contributed by atoms with E-state index in [2.05, 4.69) is 24.3 Å². The Hall–Kier alpha value is -5.02. The molecule has 4 nitrogen and oxygen atoms in total. The lowest BCUT2D eigenvalue weighted by Gasteiger charge is -1.97. The highest BCUT2D eigenvalue weighted by molar-refractivity contribution is 7.29. The first-order valence-electron chi connectivity index (χ1n) is 11.8. The SMILES string of the molecule is N#CC(C#N)=Cc1sc(-c2sc(-c3sc(C=C(C#N)C#N)c4ccccc34)c3ccccc23)c2ccccc12. The first kappa shape index (κ1) is 24.3. The van der Waals surface area contributed by atoms with Crippen LogP contribution in [0.15, 0.2) is 83.9 Å². The second-order valence-corrected chi connectivity index (χ2v) is 11.7. The molecule has 0 saturated carbocycles. The lowest BCUT2D eigenvalue weighted by atomic mass is 10.1. The summed E-state index contributed by atoms with van der Waals surface area (Å²) in [6.45, 7) is 0. The summed E-state index contributed by atoms with van der Waals surface area (Å²) < 4.78 is 0. The molecule has 3 aromatic heterocycles. The molecule has 0 amide bonds. The Labute approximate surface area is 236 Å². The fraction of sp³-hybridized carbons (Fsp3) is 0. The highest BCUT2D eigenvalue weighted by Crippen LogP contribution is 2.52. The Balaban J connectivity index is 1.64. The second-order valence-electron chi connectivity index (χ2n) is 8.55. The maximum atomic E-state index is 9.36. The van der Waals surface area contributed by atoms with Gasteiger partial charge in [0.2, 0.25) is 0 Å². The molecule has 0 unspecified atom stereocenters. The Kier molecular flexibility index (Phi) is 6.26. The van der Waals surface area contributed by atoms with E-state index in [1.807, 2.05) is 72.8 Å². The fourth-order valence-electron chi connectivity index (χ4n) is 4.65. The molecule has 6 rings (SSSR count). The van der Waals surface area contributed by atoms with Crippen molar-refractivity contribution in [3.05, 3.63) is 93.7 Å². The molecule has 0 bridgehead atoms. The van der Waals surface area contributed by atoms with Gasteiger partial charge in [-0.2, -0.15) is 21.0 Å². The summed E-state index contributed by atoms with van der Waals surface area (Å²) in [5.74, 6) is 0. The zero-order valence-corrected chi connectivity index (χ0v) is 22.5. The molecule has 0 spiro atoms. The second kappa shape index (κ2) is 10.0. The third-order valence-electron chi connectivity index (χ3n) is 6.36. The monoisotopic (exact) mass is 550 g/mol. The molecule has 0 fully saturated rings. The van der Waals surface area contributed by atoms with Crippen LogP contribution in [0.2, 0.25) is 0 Å². The van der Waals surface area contributed by atoms with Gasteiger partial charge in [-0.25, -0.2) is 0 Å². The van der Waals surface area contributed by atoms with Crippen molar-refractivity contribution in [2.45, 2.75) is 0 Å². The number of nitriles is 4. The topological polar surface area (TPSA) is 95.2 Å². The van der Waals surface area contributed by atoms with E-state index in [-0.39, 0.29) is 11.1 Å². The standard InChI is InChI=1S/C32H14N4S3/c33-15-19(16-34)13-27-21-7-1-3-9-23(21)29(37-27)31-25-11-5-6-12-26(25)32(39-31)30-24-10-4-2-8-22(24)28(38-30)14-20(17-35)18-36/h1-14H. The summed E-state index contributed by atoms with van der Waals surface area (Å²) >= 11 is 4.89. The number of thiophene rings is 3. The molecule has 3 heterocycles. The summed E-state index contributed by atoms with van der Waals surface area (Å²) in [5, 5.41) is 43.9. The van der Waals surface area contributed by atoms with E-state index in [4.69, 9.17) is 0 Å². The van der Waals surface area contributed by atoms with Crippen LogP contribution >= 0.6 is 34.0 Å². The highest BCUT2D eigenvalue weighted by Gasteiger charge is 2.22. The van der Waals surface area contributed by atoms with Crippen LogP contribution in [0.3, 0.4) is 0 Å². The molecule has 39 heavy (non-hydrogen) atoms. The van der Waals surface area contributed by atoms with Crippen LogP contribution < -0.4 is 0 Å². The van der Waals surface area contributed by atoms with Crippen LogP contribution in [-0.4, -0.2) is 0 Å². The maximum Gasteiger partial charge on any atom is 0.131 e. The quantitative estimate of drug-likeness (QED) is 0.204. The van der Waals surface area contributed by atoms with Gasteiger partial charge < -0.3 is 0 Å². The van der Waals surface area contributed by atoms with Gasteiger partial charge in [0.15, 0.2) is 0 Å². The van der Waals surface area contributed by atoms with Crippen molar-refractivity contribution in [1.82, 2.24) is 0 Å². The smallest absolute Gasteiger partial charge is 0.131 e. The van der Waals surface area contributed by atoms with Crippen LogP contribution in [0.1, 0.15) is 9.75 Å². The number of hydrogen-bond donors (Lipinski definition) is 0. The van der Waals surface area contributed by atoms with E-state index in [0.717, 1.165) is 61.6 Å². The molecule has 0 aliphatic heterocycles. The molecule has 0 saturated heterocycles. The third kappa shape index (κ3) is 4.09. The highest BCUT2D eigenvalue weighted by atomic mass is 32.1. The Morgan fingerprint density at radius 3 is 1.05 bits per heavy atom. The Morgan fingerprint density at radius 1 is 0.436 bits per heavy atom. The van der Waals surface area contributed by atoms with E-state index < -0.39 is 0 Å². The van der Waals surface area contributed by atoms with Crippen molar-refractivity contribution in [3.63, 3.8) is 0 Å². The summed E-state index contributed by atoms with van der Waals surface area (Å²) in [6, 6.07) is 32.4. The maximum absolute atomic E-state index is 9.36. The van der Waals surface area contributed by atoms with Crippen LogP contribution in [0.5, 0.6) is 0 Å². The number of nitrogens with zero attached hydrogens (tertiary/aromatic N) is 4. The van der Waals surface area contributed by atoms with E-state index >= 15 is 0 Å². The lowest BCUT2D eigenvalue weighted by molar-refractivity contribution is 1.47. The Bertz CT molecular complexity index is 1990. The van der Waals surface area contributed by atoms with Crippen molar-refractivity contribution in [2.75, 3.05) is 0 Å². The molecule has 0 atom stereocenters. The largest absolute Gasteiger partial charge is 0.192 e. The van der Waals surface area contributed by atoms with Crippen molar-refractivity contribution >= 4 is 78.5 Å². The summed E-state index contributed by atoms with van der Waals surface area (Å²) in [6.07, 6.45) is 3.33. The molecule has 6 aromatic rings. The van der Waals surface area contributed by atoms with Crippen molar-refractivity contribution in [2.24, 2.45) is 0 Å². The molecule has 0 radical (unpaired) electrons. The van der Waals surface area contributed by atoms with Gasteiger partial charge in [-0.1, -0.05) is 72.8 Å². The third-order valence-corrected chi connectivity index (χ3v) is 10.3. The summed E-state index contributed by atoms with van der Waals surface area (Å²) in [7, 11) is 0. The van der Waals surface area contributed by atoms with Gasteiger partial charge in [0.25, 0.3) is 0 Å². The van der Waals surface area contributed by atoms with E-state index in [1.165, 1.54) is 0 Å². The van der Waals surface area contributed by atoms with Gasteiger partial charge in [0.05, 0.1) is 19.5 Å². The predicted molar refractivity (Wildman–Crippen MR) is 162 cm³/mol. The van der Waals surface area contributed by atoms with Crippen LogP contribution in [-0.2, 0) is 0 Å². The minimum absolute atomic E-state index is 0.0741.